The lowest BCUT2D eigenvalue weighted by atomic mass is 10.1. The molecule has 0 saturated carbocycles. The summed E-state index contributed by atoms with van der Waals surface area (Å²) < 4.78 is 6.45. The summed E-state index contributed by atoms with van der Waals surface area (Å²) in [4.78, 5) is 11.9. The molecule has 0 radical (unpaired) electrons. The van der Waals surface area contributed by atoms with Crippen molar-refractivity contribution in [3.8, 4) is 0 Å². The van der Waals surface area contributed by atoms with Crippen LogP contribution in [0.25, 0.3) is 0 Å². The molecule has 0 spiro atoms. The van der Waals surface area contributed by atoms with Crippen molar-refractivity contribution in [2.24, 2.45) is 0 Å². The maximum absolute atomic E-state index is 11.9. The summed E-state index contributed by atoms with van der Waals surface area (Å²) in [5.41, 5.74) is 1.42. The van der Waals surface area contributed by atoms with Crippen molar-refractivity contribution in [2.45, 2.75) is 13.5 Å². The van der Waals surface area contributed by atoms with Crippen molar-refractivity contribution in [2.75, 3.05) is 0 Å². The average Bonchev–Trinajstić information content (AvgIpc) is 2.62. The first-order chi connectivity index (χ1) is 7.68. The highest BCUT2D eigenvalue weighted by molar-refractivity contribution is 5.95. The normalized spacial score (nSPS) is 10.3. The molecule has 4 heteroatoms. The van der Waals surface area contributed by atoms with E-state index in [4.69, 9.17) is 9.83 Å². The molecular formula is C12H12N2O2. The molecular weight excluding hydrogens is 204 g/mol. The van der Waals surface area contributed by atoms with Crippen LogP contribution in [0.1, 0.15) is 16.1 Å². The molecule has 82 valence electrons. The summed E-state index contributed by atoms with van der Waals surface area (Å²) in [5.74, 6) is -0.0244. The van der Waals surface area contributed by atoms with Crippen molar-refractivity contribution in [1.29, 1.82) is 5.41 Å². The van der Waals surface area contributed by atoms with E-state index in [1.54, 1.807) is 19.1 Å². The van der Waals surface area contributed by atoms with Crippen LogP contribution >= 0.6 is 0 Å². The number of carbonyl (C=O) groups excluding carboxylic acids is 1. The number of ketones is 1. The van der Waals surface area contributed by atoms with Crippen LogP contribution in [0.2, 0.25) is 0 Å². The minimum absolute atomic E-state index is 0.00165. The molecule has 0 bridgehead atoms. The fourth-order valence-electron chi connectivity index (χ4n) is 1.48. The molecule has 0 unspecified atom stereocenters. The highest BCUT2D eigenvalue weighted by atomic mass is 16.3. The highest BCUT2D eigenvalue weighted by Gasteiger charge is 2.09. The standard InChI is InChI=1S/C12H12N2O2/c1-9-8-16-12(13)14(9)7-11(15)10-5-3-2-4-6-10/h2-6,8,13H,7H2,1H3. The lowest BCUT2D eigenvalue weighted by molar-refractivity contribution is 0.0967. The van der Waals surface area contributed by atoms with Gasteiger partial charge in [0.05, 0.1) is 12.2 Å². The van der Waals surface area contributed by atoms with Crippen molar-refractivity contribution in [3.05, 3.63) is 53.5 Å². The number of hydrogen-bond donors (Lipinski definition) is 1. The van der Waals surface area contributed by atoms with Crippen LogP contribution in [0.15, 0.2) is 41.0 Å². The number of nitrogens with one attached hydrogen (secondary N) is 1. The van der Waals surface area contributed by atoms with Gasteiger partial charge in [-0.25, -0.2) is 0 Å². The Morgan fingerprint density at radius 3 is 2.62 bits per heavy atom. The van der Waals surface area contributed by atoms with Crippen molar-refractivity contribution in [1.82, 2.24) is 4.57 Å². The second kappa shape index (κ2) is 4.18. The first-order valence-electron chi connectivity index (χ1n) is 4.96. The van der Waals surface area contributed by atoms with Gasteiger partial charge in [0.25, 0.3) is 5.68 Å². The summed E-state index contributed by atoms with van der Waals surface area (Å²) in [6, 6.07) is 9.04. The number of oxazole rings is 1. The number of aryl methyl sites for hydroxylation is 1. The molecule has 2 aromatic rings. The Bertz CT molecular complexity index is 552. The fraction of sp³-hybridized carbons (Fsp3) is 0.167. The van der Waals surface area contributed by atoms with Crippen LogP contribution in [0, 0.1) is 12.3 Å². The van der Waals surface area contributed by atoms with Gasteiger partial charge < -0.3 is 4.42 Å². The number of benzene rings is 1. The monoisotopic (exact) mass is 216 g/mol. The van der Waals surface area contributed by atoms with Gasteiger partial charge in [0, 0.05) is 5.56 Å². The van der Waals surface area contributed by atoms with Crippen molar-refractivity contribution in [3.63, 3.8) is 0 Å². The highest BCUT2D eigenvalue weighted by Crippen LogP contribution is 2.03. The molecule has 0 atom stereocenters. The molecule has 1 aromatic carbocycles. The van der Waals surface area contributed by atoms with Crippen LogP contribution in [0.5, 0.6) is 0 Å². The zero-order valence-electron chi connectivity index (χ0n) is 8.93. The summed E-state index contributed by atoms with van der Waals surface area (Å²) >= 11 is 0. The van der Waals surface area contributed by atoms with Crippen molar-refractivity contribution < 1.29 is 9.21 Å². The van der Waals surface area contributed by atoms with Gasteiger partial charge in [-0.1, -0.05) is 30.3 Å². The van der Waals surface area contributed by atoms with E-state index in [1.165, 1.54) is 10.8 Å². The number of aromatic nitrogens is 1. The Morgan fingerprint density at radius 2 is 2.06 bits per heavy atom. The predicted molar refractivity (Wildman–Crippen MR) is 58.1 cm³/mol. The number of hydrogen-bond acceptors (Lipinski definition) is 3. The van der Waals surface area contributed by atoms with E-state index < -0.39 is 0 Å². The summed E-state index contributed by atoms with van der Waals surface area (Å²) in [6.45, 7) is 1.95. The van der Waals surface area contributed by atoms with Gasteiger partial charge in [-0.05, 0) is 6.92 Å². The number of carbonyl (C=O) groups is 1. The lowest BCUT2D eigenvalue weighted by Crippen LogP contribution is -2.21. The third-order valence-electron chi connectivity index (χ3n) is 2.41. The summed E-state index contributed by atoms with van der Waals surface area (Å²) in [5, 5.41) is 7.49. The molecule has 0 amide bonds. The van der Waals surface area contributed by atoms with E-state index in [0.29, 0.717) is 5.56 Å². The van der Waals surface area contributed by atoms with Gasteiger partial charge in [0.2, 0.25) is 0 Å². The second-order valence-corrected chi connectivity index (χ2v) is 3.56. The van der Waals surface area contributed by atoms with E-state index in [0.717, 1.165) is 5.69 Å². The molecule has 0 aliphatic carbocycles. The number of Topliss-reactive ketones (excluding diaryl/α,β-unsaturated/α-hetero) is 1. The van der Waals surface area contributed by atoms with Gasteiger partial charge in [-0.15, -0.1) is 0 Å². The number of nitrogens with zero attached hydrogens (tertiary/aromatic N) is 1. The fourth-order valence-corrected chi connectivity index (χ4v) is 1.48. The van der Waals surface area contributed by atoms with Crippen LogP contribution in [0.3, 0.4) is 0 Å². The van der Waals surface area contributed by atoms with E-state index in [9.17, 15) is 4.79 Å². The van der Waals surface area contributed by atoms with Crippen LogP contribution in [-0.2, 0) is 6.54 Å². The van der Waals surface area contributed by atoms with E-state index in [2.05, 4.69) is 0 Å². The smallest absolute Gasteiger partial charge is 0.294 e. The topological polar surface area (TPSA) is 59.0 Å². The first kappa shape index (κ1) is 10.4. The molecule has 1 aromatic heterocycles. The van der Waals surface area contributed by atoms with Gasteiger partial charge in [0.15, 0.2) is 5.78 Å². The molecule has 0 saturated heterocycles. The Balaban J connectivity index is 2.24. The predicted octanol–water partition coefficient (Wildman–Crippen LogP) is 1.75. The van der Waals surface area contributed by atoms with E-state index in [1.807, 2.05) is 18.2 Å². The SMILES string of the molecule is Cc1coc(=N)n1CC(=O)c1ccccc1. The number of rotatable bonds is 3. The Kier molecular flexibility index (Phi) is 2.72. The average molecular weight is 216 g/mol. The van der Waals surface area contributed by atoms with Crippen LogP contribution in [-0.4, -0.2) is 10.4 Å². The van der Waals surface area contributed by atoms with Gasteiger partial charge in [-0.3, -0.25) is 14.8 Å². The van der Waals surface area contributed by atoms with Crippen molar-refractivity contribution >= 4 is 5.78 Å². The second-order valence-electron chi connectivity index (χ2n) is 3.56. The largest absolute Gasteiger partial charge is 0.432 e. The molecule has 0 aliphatic rings. The van der Waals surface area contributed by atoms with Gasteiger partial charge >= 0.3 is 0 Å². The molecule has 16 heavy (non-hydrogen) atoms. The summed E-state index contributed by atoms with van der Waals surface area (Å²) in [7, 11) is 0. The maximum Gasteiger partial charge on any atom is 0.294 e. The van der Waals surface area contributed by atoms with Gasteiger partial charge in [-0.2, -0.15) is 0 Å². The maximum atomic E-state index is 11.9. The molecule has 1 heterocycles. The van der Waals surface area contributed by atoms with E-state index in [-0.39, 0.29) is 18.0 Å². The summed E-state index contributed by atoms with van der Waals surface area (Å²) in [6.07, 6.45) is 1.47. The zero-order valence-corrected chi connectivity index (χ0v) is 8.93. The van der Waals surface area contributed by atoms with Gasteiger partial charge in [0.1, 0.15) is 6.26 Å². The third-order valence-corrected chi connectivity index (χ3v) is 2.41. The molecule has 4 nitrogen and oxygen atoms in total. The molecule has 1 N–H and O–H groups in total. The molecule has 0 fully saturated rings. The quantitative estimate of drug-likeness (QED) is 0.794. The lowest BCUT2D eigenvalue weighted by Gasteiger charge is -2.03. The Morgan fingerprint density at radius 1 is 1.38 bits per heavy atom. The Labute approximate surface area is 92.7 Å². The minimum Gasteiger partial charge on any atom is -0.432 e. The molecule has 0 aliphatic heterocycles. The van der Waals surface area contributed by atoms with Crippen LogP contribution in [0.4, 0.5) is 0 Å². The Hall–Kier alpha value is -2.10. The van der Waals surface area contributed by atoms with Crippen LogP contribution < -0.4 is 5.68 Å². The molecule has 2 rings (SSSR count). The minimum atomic E-state index is -0.0244. The zero-order chi connectivity index (χ0) is 11.5. The first-order valence-corrected chi connectivity index (χ1v) is 4.96. The van der Waals surface area contributed by atoms with E-state index >= 15 is 0 Å². The third kappa shape index (κ3) is 1.95.